The highest BCUT2D eigenvalue weighted by Crippen LogP contribution is 2.07. The number of nitrogens with one attached hydrogen (secondary N) is 1. The normalized spacial score (nSPS) is 12.8. The highest BCUT2D eigenvalue weighted by Gasteiger charge is 1.97. The Bertz CT molecular complexity index is 141. The van der Waals surface area contributed by atoms with E-state index in [4.69, 9.17) is 6.42 Å². The van der Waals surface area contributed by atoms with Crippen molar-refractivity contribution in [3.05, 3.63) is 12.3 Å². The molecule has 1 atom stereocenters. The molecule has 0 radical (unpaired) electrons. The van der Waals surface area contributed by atoms with Crippen molar-refractivity contribution in [1.82, 2.24) is 5.32 Å². The van der Waals surface area contributed by atoms with Crippen LogP contribution >= 0.6 is 0 Å². The van der Waals surface area contributed by atoms with Crippen LogP contribution in [0.4, 0.5) is 0 Å². The molecule has 0 rings (SSSR count). The second kappa shape index (κ2) is 7.21. The number of allylic oxidation sites excluding steroid dienone is 1. The average molecular weight is 151 g/mol. The van der Waals surface area contributed by atoms with Gasteiger partial charge in [0.1, 0.15) is 0 Å². The molecule has 0 heterocycles. The number of terminal acetylenes is 1. The molecule has 0 aromatic carbocycles. The third-order valence-electron chi connectivity index (χ3n) is 1.58. The zero-order chi connectivity index (χ0) is 8.53. The highest BCUT2D eigenvalue weighted by atomic mass is 14.8. The fraction of sp³-hybridized carbons (Fsp3) is 0.600. The van der Waals surface area contributed by atoms with Crippen molar-refractivity contribution in [3.8, 4) is 12.3 Å². The van der Waals surface area contributed by atoms with E-state index < -0.39 is 0 Å². The Hall–Kier alpha value is -0.900. The number of hydrogen-bond donors (Lipinski definition) is 1. The van der Waals surface area contributed by atoms with Crippen LogP contribution in [0.2, 0.25) is 0 Å². The maximum absolute atomic E-state index is 5.33. The van der Waals surface area contributed by atoms with Crippen molar-refractivity contribution in [3.63, 3.8) is 0 Å². The zero-order valence-corrected chi connectivity index (χ0v) is 7.43. The summed E-state index contributed by atoms with van der Waals surface area (Å²) < 4.78 is 0. The lowest BCUT2D eigenvalue weighted by Crippen LogP contribution is -1.97. The van der Waals surface area contributed by atoms with Gasteiger partial charge in [-0.25, -0.2) is 0 Å². The van der Waals surface area contributed by atoms with Gasteiger partial charge in [-0.3, -0.25) is 0 Å². The Morgan fingerprint density at radius 2 is 2.36 bits per heavy atom. The summed E-state index contributed by atoms with van der Waals surface area (Å²) in [7, 11) is 1.88. The predicted octanol–water partition coefficient (Wildman–Crippen LogP) is 2.16. The Balaban J connectivity index is 3.60. The molecule has 1 N–H and O–H groups in total. The zero-order valence-electron chi connectivity index (χ0n) is 7.43. The third kappa shape index (κ3) is 5.54. The van der Waals surface area contributed by atoms with E-state index in [1.807, 2.05) is 19.3 Å². The van der Waals surface area contributed by atoms with Crippen LogP contribution < -0.4 is 5.32 Å². The van der Waals surface area contributed by atoms with Gasteiger partial charge < -0.3 is 5.32 Å². The molecule has 0 saturated carbocycles. The van der Waals surface area contributed by atoms with Gasteiger partial charge in [0.05, 0.1) is 0 Å². The molecule has 0 amide bonds. The van der Waals surface area contributed by atoms with E-state index in [1.165, 1.54) is 12.8 Å². The fourth-order valence-corrected chi connectivity index (χ4v) is 0.872. The molecule has 11 heavy (non-hydrogen) atoms. The standard InChI is InChI=1S/C10H17N/c1-4-6-7-10(5-2)8-9-11-3/h2,8-11H,4,6-7H2,1,3H3/b9-8-/t10-/m1/s1. The summed E-state index contributed by atoms with van der Waals surface area (Å²) in [6.07, 6.45) is 12.8. The smallest absolute Gasteiger partial charge is 0.0396 e. The monoisotopic (exact) mass is 151 g/mol. The summed E-state index contributed by atoms with van der Waals surface area (Å²) >= 11 is 0. The van der Waals surface area contributed by atoms with E-state index in [0.29, 0.717) is 5.92 Å². The molecular weight excluding hydrogens is 134 g/mol. The van der Waals surface area contributed by atoms with Gasteiger partial charge in [0, 0.05) is 13.0 Å². The lowest BCUT2D eigenvalue weighted by Gasteiger charge is -2.02. The van der Waals surface area contributed by atoms with Crippen molar-refractivity contribution < 1.29 is 0 Å². The van der Waals surface area contributed by atoms with Gasteiger partial charge in [0.15, 0.2) is 0 Å². The molecule has 0 aliphatic carbocycles. The van der Waals surface area contributed by atoms with Crippen molar-refractivity contribution >= 4 is 0 Å². The lowest BCUT2D eigenvalue weighted by molar-refractivity contribution is 0.654. The molecule has 1 nitrogen and oxygen atoms in total. The maximum atomic E-state index is 5.33. The summed E-state index contributed by atoms with van der Waals surface area (Å²) in [6, 6.07) is 0. The first-order valence-corrected chi connectivity index (χ1v) is 4.15. The molecule has 0 aromatic heterocycles. The van der Waals surface area contributed by atoms with Gasteiger partial charge in [0.2, 0.25) is 0 Å². The van der Waals surface area contributed by atoms with E-state index >= 15 is 0 Å². The van der Waals surface area contributed by atoms with Crippen molar-refractivity contribution in [1.29, 1.82) is 0 Å². The van der Waals surface area contributed by atoms with Crippen LogP contribution in [0.5, 0.6) is 0 Å². The maximum Gasteiger partial charge on any atom is 0.0396 e. The third-order valence-corrected chi connectivity index (χ3v) is 1.58. The molecule has 0 spiro atoms. The van der Waals surface area contributed by atoms with Gasteiger partial charge in [0.25, 0.3) is 0 Å². The van der Waals surface area contributed by atoms with Gasteiger partial charge in [-0.1, -0.05) is 31.8 Å². The first-order chi connectivity index (χ1) is 5.35. The van der Waals surface area contributed by atoms with Crippen LogP contribution in [-0.2, 0) is 0 Å². The minimum atomic E-state index is 0.308. The summed E-state index contributed by atoms with van der Waals surface area (Å²) in [4.78, 5) is 0. The van der Waals surface area contributed by atoms with E-state index in [-0.39, 0.29) is 0 Å². The number of rotatable bonds is 5. The molecule has 0 aliphatic rings. The topological polar surface area (TPSA) is 12.0 Å². The fourth-order valence-electron chi connectivity index (χ4n) is 0.872. The van der Waals surface area contributed by atoms with Crippen molar-refractivity contribution in [2.45, 2.75) is 26.2 Å². The van der Waals surface area contributed by atoms with E-state index in [9.17, 15) is 0 Å². The van der Waals surface area contributed by atoms with Gasteiger partial charge in [-0.15, -0.1) is 6.42 Å². The van der Waals surface area contributed by atoms with Gasteiger partial charge in [-0.05, 0) is 12.6 Å². The minimum Gasteiger partial charge on any atom is -0.394 e. The SMILES string of the molecule is C#C[C@@H](/C=C\NC)CCCC. The summed E-state index contributed by atoms with van der Waals surface area (Å²) in [6.45, 7) is 2.18. The molecular formula is C10H17N. The number of hydrogen-bond acceptors (Lipinski definition) is 1. The first-order valence-electron chi connectivity index (χ1n) is 4.15. The first kappa shape index (κ1) is 10.1. The Labute approximate surface area is 69.9 Å². The molecule has 0 saturated heterocycles. The second-order valence-electron chi connectivity index (χ2n) is 2.56. The summed E-state index contributed by atoms with van der Waals surface area (Å²) in [5.41, 5.74) is 0. The molecule has 62 valence electrons. The van der Waals surface area contributed by atoms with Crippen LogP contribution in [0.15, 0.2) is 12.3 Å². The number of unbranched alkanes of at least 4 members (excludes halogenated alkanes) is 1. The van der Waals surface area contributed by atoms with Gasteiger partial charge >= 0.3 is 0 Å². The van der Waals surface area contributed by atoms with Crippen LogP contribution in [0, 0.1) is 18.3 Å². The van der Waals surface area contributed by atoms with Crippen LogP contribution in [0.3, 0.4) is 0 Å². The van der Waals surface area contributed by atoms with E-state index in [0.717, 1.165) is 6.42 Å². The predicted molar refractivity (Wildman–Crippen MR) is 50.0 cm³/mol. The molecule has 0 aromatic rings. The molecule has 0 fully saturated rings. The summed E-state index contributed by atoms with van der Waals surface area (Å²) in [5.74, 6) is 3.05. The molecule has 0 bridgehead atoms. The van der Waals surface area contributed by atoms with Crippen molar-refractivity contribution in [2.24, 2.45) is 5.92 Å². The Kier molecular flexibility index (Phi) is 6.62. The van der Waals surface area contributed by atoms with E-state index in [1.54, 1.807) is 0 Å². The highest BCUT2D eigenvalue weighted by molar-refractivity contribution is 5.04. The van der Waals surface area contributed by atoms with Crippen LogP contribution in [0.1, 0.15) is 26.2 Å². The van der Waals surface area contributed by atoms with Gasteiger partial charge in [-0.2, -0.15) is 0 Å². The minimum absolute atomic E-state index is 0.308. The van der Waals surface area contributed by atoms with Crippen LogP contribution in [0.25, 0.3) is 0 Å². The quantitative estimate of drug-likeness (QED) is 0.594. The largest absolute Gasteiger partial charge is 0.394 e. The molecule has 1 heteroatoms. The summed E-state index contributed by atoms with van der Waals surface area (Å²) in [5, 5.41) is 2.93. The second-order valence-corrected chi connectivity index (χ2v) is 2.56. The Morgan fingerprint density at radius 3 is 2.82 bits per heavy atom. The molecule has 0 unspecified atom stereocenters. The lowest BCUT2D eigenvalue weighted by atomic mass is 10.0. The van der Waals surface area contributed by atoms with E-state index in [2.05, 4.69) is 18.2 Å². The molecule has 0 aliphatic heterocycles. The van der Waals surface area contributed by atoms with Crippen LogP contribution in [-0.4, -0.2) is 7.05 Å². The van der Waals surface area contributed by atoms with Crippen molar-refractivity contribution in [2.75, 3.05) is 7.05 Å². The average Bonchev–Trinajstić information content (AvgIpc) is 2.05. The Morgan fingerprint density at radius 1 is 1.64 bits per heavy atom.